The van der Waals surface area contributed by atoms with Gasteiger partial charge < -0.3 is 10.5 Å². The van der Waals surface area contributed by atoms with Gasteiger partial charge in [-0.15, -0.1) is 0 Å². The molecule has 0 aliphatic rings. The van der Waals surface area contributed by atoms with Gasteiger partial charge in [0.05, 0.1) is 23.6 Å². The standard InChI is InChI=1S/C15H13F3N2O/c16-15(17,18)11-5-3-10(4-6-11)8-14-12(13(19)9-21)2-1-7-20-14/h1-7,19,21H,8-9H2. The highest BCUT2D eigenvalue weighted by Crippen LogP contribution is 2.29. The van der Waals surface area contributed by atoms with Crippen LogP contribution >= 0.6 is 0 Å². The minimum Gasteiger partial charge on any atom is -0.390 e. The third-order valence-corrected chi connectivity index (χ3v) is 3.03. The van der Waals surface area contributed by atoms with E-state index in [9.17, 15) is 13.2 Å². The smallest absolute Gasteiger partial charge is 0.390 e. The first-order valence-corrected chi connectivity index (χ1v) is 6.20. The lowest BCUT2D eigenvalue weighted by molar-refractivity contribution is -0.137. The fourth-order valence-electron chi connectivity index (χ4n) is 1.94. The van der Waals surface area contributed by atoms with E-state index in [1.165, 1.54) is 12.1 Å². The van der Waals surface area contributed by atoms with Crippen molar-refractivity contribution in [3.8, 4) is 0 Å². The van der Waals surface area contributed by atoms with Crippen LogP contribution in [0.3, 0.4) is 0 Å². The predicted molar refractivity (Wildman–Crippen MR) is 72.4 cm³/mol. The monoisotopic (exact) mass is 294 g/mol. The lowest BCUT2D eigenvalue weighted by Gasteiger charge is -2.10. The summed E-state index contributed by atoms with van der Waals surface area (Å²) in [5.74, 6) is 0. The molecule has 0 fully saturated rings. The first-order valence-electron chi connectivity index (χ1n) is 6.20. The number of hydrogen-bond acceptors (Lipinski definition) is 3. The molecule has 6 heteroatoms. The lowest BCUT2D eigenvalue weighted by Crippen LogP contribution is -2.10. The van der Waals surface area contributed by atoms with Gasteiger partial charge in [0.15, 0.2) is 0 Å². The van der Waals surface area contributed by atoms with E-state index in [0.29, 0.717) is 23.2 Å². The molecule has 1 heterocycles. The molecular formula is C15H13F3N2O. The van der Waals surface area contributed by atoms with Crippen LogP contribution in [-0.2, 0) is 12.6 Å². The summed E-state index contributed by atoms with van der Waals surface area (Å²) in [4.78, 5) is 4.14. The van der Waals surface area contributed by atoms with Crippen LogP contribution in [0.2, 0.25) is 0 Å². The van der Waals surface area contributed by atoms with Crippen molar-refractivity contribution in [2.45, 2.75) is 12.6 Å². The summed E-state index contributed by atoms with van der Waals surface area (Å²) in [5, 5.41) is 16.7. The number of pyridine rings is 1. The molecule has 0 bridgehead atoms. The van der Waals surface area contributed by atoms with Crippen LogP contribution in [0.25, 0.3) is 0 Å². The molecule has 0 spiro atoms. The van der Waals surface area contributed by atoms with Gasteiger partial charge in [-0.3, -0.25) is 4.98 Å². The minimum atomic E-state index is -4.35. The third-order valence-electron chi connectivity index (χ3n) is 3.03. The number of halogens is 3. The molecule has 110 valence electrons. The summed E-state index contributed by atoms with van der Waals surface area (Å²) in [6, 6.07) is 8.14. The second-order valence-electron chi connectivity index (χ2n) is 4.51. The van der Waals surface area contributed by atoms with E-state index in [1.807, 2.05) is 0 Å². The van der Waals surface area contributed by atoms with Crippen LogP contribution in [0, 0.1) is 5.41 Å². The quantitative estimate of drug-likeness (QED) is 0.851. The number of aliphatic hydroxyl groups excluding tert-OH is 1. The van der Waals surface area contributed by atoms with E-state index in [2.05, 4.69) is 4.98 Å². The third kappa shape index (κ3) is 3.66. The second-order valence-corrected chi connectivity index (χ2v) is 4.51. The average Bonchev–Trinajstić information content (AvgIpc) is 2.46. The molecule has 2 aromatic rings. The Balaban J connectivity index is 2.25. The SMILES string of the molecule is N=C(CO)c1cccnc1Cc1ccc(C(F)(F)F)cc1. The Morgan fingerprint density at radius 2 is 1.81 bits per heavy atom. The highest BCUT2D eigenvalue weighted by Gasteiger charge is 2.29. The summed E-state index contributed by atoms with van der Waals surface area (Å²) in [7, 11) is 0. The van der Waals surface area contributed by atoms with E-state index in [1.54, 1.807) is 18.3 Å². The zero-order chi connectivity index (χ0) is 15.5. The van der Waals surface area contributed by atoms with Crippen LogP contribution in [0.1, 0.15) is 22.4 Å². The fourth-order valence-corrected chi connectivity index (χ4v) is 1.94. The summed E-state index contributed by atoms with van der Waals surface area (Å²) < 4.78 is 37.5. The van der Waals surface area contributed by atoms with Crippen LogP contribution < -0.4 is 0 Å². The Hall–Kier alpha value is -2.21. The number of nitrogens with zero attached hydrogens (tertiary/aromatic N) is 1. The fraction of sp³-hybridized carbons (Fsp3) is 0.200. The van der Waals surface area contributed by atoms with Crippen LogP contribution in [0.15, 0.2) is 42.6 Å². The maximum Gasteiger partial charge on any atom is 0.416 e. The molecule has 0 unspecified atom stereocenters. The predicted octanol–water partition coefficient (Wildman–Crippen LogP) is 3.05. The van der Waals surface area contributed by atoms with Crippen LogP contribution in [0.4, 0.5) is 13.2 Å². The van der Waals surface area contributed by atoms with Gasteiger partial charge in [-0.05, 0) is 29.8 Å². The molecule has 0 atom stereocenters. The molecule has 0 aliphatic heterocycles. The van der Waals surface area contributed by atoms with Crippen LogP contribution in [0.5, 0.6) is 0 Å². The first kappa shape index (κ1) is 15.2. The van der Waals surface area contributed by atoms with Crippen molar-refractivity contribution in [3.63, 3.8) is 0 Å². The molecule has 2 N–H and O–H groups in total. The Morgan fingerprint density at radius 1 is 1.14 bits per heavy atom. The summed E-state index contributed by atoms with van der Waals surface area (Å²) in [5.41, 5.74) is 1.05. The van der Waals surface area contributed by atoms with Crippen molar-refractivity contribution in [1.82, 2.24) is 4.98 Å². The maximum atomic E-state index is 12.5. The zero-order valence-electron chi connectivity index (χ0n) is 11.0. The van der Waals surface area contributed by atoms with Crippen molar-refractivity contribution in [1.29, 1.82) is 5.41 Å². The van der Waals surface area contributed by atoms with Gasteiger partial charge in [-0.1, -0.05) is 12.1 Å². The molecule has 3 nitrogen and oxygen atoms in total. The Bertz CT molecular complexity index is 636. The average molecular weight is 294 g/mol. The van der Waals surface area contributed by atoms with Crippen molar-refractivity contribution in [2.24, 2.45) is 0 Å². The lowest BCUT2D eigenvalue weighted by atomic mass is 10.0. The molecule has 0 amide bonds. The van der Waals surface area contributed by atoms with Crippen molar-refractivity contribution in [2.75, 3.05) is 6.61 Å². The molecule has 0 radical (unpaired) electrons. The van der Waals surface area contributed by atoms with E-state index in [0.717, 1.165) is 12.1 Å². The summed E-state index contributed by atoms with van der Waals surface area (Å²) in [6.45, 7) is -0.411. The highest BCUT2D eigenvalue weighted by atomic mass is 19.4. The molecule has 0 saturated carbocycles. The number of alkyl halides is 3. The van der Waals surface area contributed by atoms with Crippen LogP contribution in [-0.4, -0.2) is 22.4 Å². The highest BCUT2D eigenvalue weighted by molar-refractivity contribution is 6.00. The van der Waals surface area contributed by atoms with E-state index < -0.39 is 18.3 Å². The number of nitrogens with one attached hydrogen (secondary N) is 1. The zero-order valence-corrected chi connectivity index (χ0v) is 11.0. The molecule has 21 heavy (non-hydrogen) atoms. The molecule has 0 aliphatic carbocycles. The maximum absolute atomic E-state index is 12.5. The molecule has 0 saturated heterocycles. The summed E-state index contributed by atoms with van der Waals surface area (Å²) in [6.07, 6.45) is -2.50. The Morgan fingerprint density at radius 3 is 2.38 bits per heavy atom. The topological polar surface area (TPSA) is 57.0 Å². The van der Waals surface area contributed by atoms with Gasteiger partial charge >= 0.3 is 6.18 Å². The molecule has 1 aromatic carbocycles. The number of benzene rings is 1. The molecular weight excluding hydrogens is 281 g/mol. The second kappa shape index (κ2) is 6.05. The van der Waals surface area contributed by atoms with Gasteiger partial charge in [0.1, 0.15) is 0 Å². The van der Waals surface area contributed by atoms with Crippen molar-refractivity contribution in [3.05, 3.63) is 65.0 Å². The van der Waals surface area contributed by atoms with E-state index in [4.69, 9.17) is 10.5 Å². The number of aromatic nitrogens is 1. The number of rotatable bonds is 4. The molecule has 2 rings (SSSR count). The van der Waals surface area contributed by atoms with Gasteiger partial charge in [0.2, 0.25) is 0 Å². The normalized spacial score (nSPS) is 11.4. The largest absolute Gasteiger partial charge is 0.416 e. The van der Waals surface area contributed by atoms with Crippen molar-refractivity contribution >= 4 is 5.71 Å². The summed E-state index contributed by atoms with van der Waals surface area (Å²) >= 11 is 0. The van der Waals surface area contributed by atoms with E-state index in [-0.39, 0.29) is 5.71 Å². The van der Waals surface area contributed by atoms with Crippen molar-refractivity contribution < 1.29 is 18.3 Å². The number of hydrogen-bond donors (Lipinski definition) is 2. The number of aliphatic hydroxyl groups is 1. The Labute approximate surface area is 119 Å². The molecule has 1 aromatic heterocycles. The van der Waals surface area contributed by atoms with Gasteiger partial charge in [-0.2, -0.15) is 13.2 Å². The van der Waals surface area contributed by atoms with Gasteiger partial charge in [0, 0.05) is 18.2 Å². The minimum absolute atomic E-state index is 0.0324. The first-order chi connectivity index (χ1) is 9.91. The Kier molecular flexibility index (Phi) is 4.37. The van der Waals surface area contributed by atoms with Gasteiger partial charge in [0.25, 0.3) is 0 Å². The van der Waals surface area contributed by atoms with Gasteiger partial charge in [-0.25, -0.2) is 0 Å². The van der Waals surface area contributed by atoms with E-state index >= 15 is 0 Å².